The third-order valence-corrected chi connectivity index (χ3v) is 1.54. The van der Waals surface area contributed by atoms with Gasteiger partial charge in [-0.2, -0.15) is 0 Å². The van der Waals surface area contributed by atoms with Crippen molar-refractivity contribution in [3.05, 3.63) is 12.2 Å². The number of aliphatic hydroxyl groups is 1. The first kappa shape index (κ1) is 11.6. The van der Waals surface area contributed by atoms with Crippen LogP contribution in [0.1, 0.15) is 19.8 Å². The Balaban J connectivity index is 3.69. The van der Waals surface area contributed by atoms with Crippen LogP contribution >= 0.6 is 0 Å². The minimum Gasteiger partial charge on any atom is -0.389 e. The third kappa shape index (κ3) is 5.29. The fourth-order valence-electron chi connectivity index (χ4n) is 0.864. The summed E-state index contributed by atoms with van der Waals surface area (Å²) in [7, 11) is 3.12. The van der Waals surface area contributed by atoms with Crippen molar-refractivity contribution in [2.45, 2.75) is 32.2 Å². The van der Waals surface area contributed by atoms with Gasteiger partial charge >= 0.3 is 0 Å². The Bertz CT molecular complexity index is 119. The van der Waals surface area contributed by atoms with E-state index in [-0.39, 0.29) is 12.4 Å². The zero-order valence-corrected chi connectivity index (χ0v) is 7.99. The number of rotatable bonds is 6. The van der Waals surface area contributed by atoms with Crippen molar-refractivity contribution in [2.75, 3.05) is 14.2 Å². The smallest absolute Gasteiger partial charge is 0.176 e. The number of methoxy groups -OCH3 is 2. The average molecular weight is 174 g/mol. The molecule has 1 unspecified atom stereocenters. The van der Waals surface area contributed by atoms with Crippen molar-refractivity contribution in [3.8, 4) is 0 Å². The molecule has 0 heterocycles. The van der Waals surface area contributed by atoms with E-state index in [0.717, 1.165) is 12.8 Å². The molecule has 0 fully saturated rings. The molecule has 0 aromatic heterocycles. The van der Waals surface area contributed by atoms with Crippen LogP contribution in [0.2, 0.25) is 0 Å². The first-order valence-corrected chi connectivity index (χ1v) is 4.16. The molecule has 0 aromatic rings. The fraction of sp³-hybridized carbons (Fsp3) is 0.778. The number of ether oxygens (including phenoxy) is 2. The summed E-state index contributed by atoms with van der Waals surface area (Å²) in [6.45, 7) is 2.03. The van der Waals surface area contributed by atoms with E-state index in [1.165, 1.54) is 0 Å². The van der Waals surface area contributed by atoms with Crippen LogP contribution in [0.4, 0.5) is 0 Å². The summed E-state index contributed by atoms with van der Waals surface area (Å²) >= 11 is 0. The van der Waals surface area contributed by atoms with Gasteiger partial charge < -0.3 is 14.6 Å². The Hall–Kier alpha value is -0.380. The van der Waals surface area contributed by atoms with Crippen LogP contribution < -0.4 is 0 Å². The summed E-state index contributed by atoms with van der Waals surface area (Å²) < 4.78 is 9.82. The SMILES string of the molecule is CCCC(O)/C=C/C(OC)OC. The minimum absolute atomic E-state index is 0.350. The van der Waals surface area contributed by atoms with Gasteiger partial charge in [-0.3, -0.25) is 0 Å². The Labute approximate surface area is 74.0 Å². The standard InChI is InChI=1S/C9H18O3/c1-4-5-8(10)6-7-9(11-2)12-3/h6-10H,4-5H2,1-3H3/b7-6+. The summed E-state index contributed by atoms with van der Waals surface area (Å²) in [5.74, 6) is 0. The number of aliphatic hydroxyl groups excluding tert-OH is 1. The lowest BCUT2D eigenvalue weighted by molar-refractivity contribution is -0.0671. The second-order valence-electron chi connectivity index (χ2n) is 2.58. The van der Waals surface area contributed by atoms with E-state index >= 15 is 0 Å². The van der Waals surface area contributed by atoms with Gasteiger partial charge in [-0.15, -0.1) is 0 Å². The van der Waals surface area contributed by atoms with E-state index in [1.54, 1.807) is 26.4 Å². The van der Waals surface area contributed by atoms with E-state index < -0.39 is 0 Å². The Morgan fingerprint density at radius 3 is 2.25 bits per heavy atom. The molecule has 0 saturated carbocycles. The second-order valence-corrected chi connectivity index (χ2v) is 2.58. The molecule has 0 spiro atoms. The average Bonchev–Trinajstić information content (AvgIpc) is 2.07. The molecule has 12 heavy (non-hydrogen) atoms. The highest BCUT2D eigenvalue weighted by atomic mass is 16.7. The molecule has 0 rings (SSSR count). The maximum Gasteiger partial charge on any atom is 0.176 e. The highest BCUT2D eigenvalue weighted by molar-refractivity contribution is 4.90. The highest BCUT2D eigenvalue weighted by Crippen LogP contribution is 2.00. The van der Waals surface area contributed by atoms with Crippen LogP contribution in [-0.2, 0) is 9.47 Å². The molecule has 0 amide bonds. The van der Waals surface area contributed by atoms with Gasteiger partial charge in [-0.1, -0.05) is 19.4 Å². The van der Waals surface area contributed by atoms with E-state index in [2.05, 4.69) is 0 Å². The molecule has 1 N–H and O–H groups in total. The molecule has 0 aliphatic carbocycles. The zero-order chi connectivity index (χ0) is 9.40. The molecule has 0 aromatic carbocycles. The van der Waals surface area contributed by atoms with Crippen LogP contribution in [0.25, 0.3) is 0 Å². The monoisotopic (exact) mass is 174 g/mol. The van der Waals surface area contributed by atoms with Gasteiger partial charge in [0.1, 0.15) is 0 Å². The predicted molar refractivity (Wildman–Crippen MR) is 47.9 cm³/mol. The van der Waals surface area contributed by atoms with Crippen LogP contribution in [-0.4, -0.2) is 31.7 Å². The molecular formula is C9H18O3. The van der Waals surface area contributed by atoms with Gasteiger partial charge in [0.15, 0.2) is 6.29 Å². The first-order valence-electron chi connectivity index (χ1n) is 4.16. The van der Waals surface area contributed by atoms with Crippen molar-refractivity contribution in [2.24, 2.45) is 0 Å². The van der Waals surface area contributed by atoms with Gasteiger partial charge in [-0.25, -0.2) is 0 Å². The van der Waals surface area contributed by atoms with Gasteiger partial charge in [0.25, 0.3) is 0 Å². The van der Waals surface area contributed by atoms with Crippen molar-refractivity contribution >= 4 is 0 Å². The Morgan fingerprint density at radius 2 is 1.83 bits per heavy atom. The van der Waals surface area contributed by atoms with Gasteiger partial charge in [0.05, 0.1) is 6.10 Å². The maximum atomic E-state index is 9.29. The largest absolute Gasteiger partial charge is 0.389 e. The van der Waals surface area contributed by atoms with Crippen molar-refractivity contribution in [1.82, 2.24) is 0 Å². The van der Waals surface area contributed by atoms with E-state index in [9.17, 15) is 5.11 Å². The third-order valence-electron chi connectivity index (χ3n) is 1.54. The molecule has 0 saturated heterocycles. The molecule has 0 aliphatic heterocycles. The van der Waals surface area contributed by atoms with Crippen LogP contribution in [0.15, 0.2) is 12.2 Å². The van der Waals surface area contributed by atoms with E-state index in [1.807, 2.05) is 6.92 Å². The fourth-order valence-corrected chi connectivity index (χ4v) is 0.864. The highest BCUT2D eigenvalue weighted by Gasteiger charge is 2.00. The van der Waals surface area contributed by atoms with E-state index in [0.29, 0.717) is 0 Å². The molecule has 3 nitrogen and oxygen atoms in total. The van der Waals surface area contributed by atoms with Crippen molar-refractivity contribution in [3.63, 3.8) is 0 Å². The first-order chi connectivity index (χ1) is 5.74. The van der Waals surface area contributed by atoms with Crippen LogP contribution in [0.5, 0.6) is 0 Å². The molecule has 0 bridgehead atoms. The summed E-state index contributed by atoms with van der Waals surface area (Å²) in [6.07, 6.45) is 4.41. The lowest BCUT2D eigenvalue weighted by Gasteiger charge is -2.08. The molecule has 0 aliphatic rings. The minimum atomic E-state index is -0.386. The lowest BCUT2D eigenvalue weighted by atomic mass is 10.2. The van der Waals surface area contributed by atoms with Crippen molar-refractivity contribution in [1.29, 1.82) is 0 Å². The Morgan fingerprint density at radius 1 is 1.25 bits per heavy atom. The van der Waals surface area contributed by atoms with Gasteiger partial charge in [0.2, 0.25) is 0 Å². The lowest BCUT2D eigenvalue weighted by Crippen LogP contribution is -2.10. The topological polar surface area (TPSA) is 38.7 Å². The summed E-state index contributed by atoms with van der Waals surface area (Å²) in [5.41, 5.74) is 0. The van der Waals surface area contributed by atoms with Gasteiger partial charge in [-0.05, 0) is 12.5 Å². The van der Waals surface area contributed by atoms with Crippen LogP contribution in [0, 0.1) is 0 Å². The number of hydrogen-bond acceptors (Lipinski definition) is 3. The maximum absolute atomic E-state index is 9.29. The van der Waals surface area contributed by atoms with E-state index in [4.69, 9.17) is 9.47 Å². The molecule has 1 atom stereocenters. The zero-order valence-electron chi connectivity index (χ0n) is 7.99. The number of hydrogen-bond donors (Lipinski definition) is 1. The summed E-state index contributed by atoms with van der Waals surface area (Å²) in [4.78, 5) is 0. The summed E-state index contributed by atoms with van der Waals surface area (Å²) in [6, 6.07) is 0. The molecule has 0 radical (unpaired) electrons. The van der Waals surface area contributed by atoms with Gasteiger partial charge in [0, 0.05) is 14.2 Å². The molecular weight excluding hydrogens is 156 g/mol. The Kier molecular flexibility index (Phi) is 7.05. The van der Waals surface area contributed by atoms with Crippen molar-refractivity contribution < 1.29 is 14.6 Å². The molecule has 3 heteroatoms. The molecule has 72 valence electrons. The normalized spacial score (nSPS) is 14.4. The summed E-state index contributed by atoms with van der Waals surface area (Å²) in [5, 5.41) is 9.29. The predicted octanol–water partition coefficient (Wildman–Crippen LogP) is 1.32. The quantitative estimate of drug-likeness (QED) is 0.487. The van der Waals surface area contributed by atoms with Crippen LogP contribution in [0.3, 0.4) is 0 Å². The second kappa shape index (κ2) is 7.28.